The van der Waals surface area contributed by atoms with Crippen LogP contribution in [0.15, 0.2) is 43.1 Å². The van der Waals surface area contributed by atoms with Crippen LogP contribution in [-0.2, 0) is 11.2 Å². The summed E-state index contributed by atoms with van der Waals surface area (Å²) in [7, 11) is 0. The molecule has 3 heteroatoms. The fourth-order valence-corrected chi connectivity index (χ4v) is 1.46. The number of carbonyl (C=O) groups is 1. The predicted octanol–water partition coefficient (Wildman–Crippen LogP) is 1.47. The Morgan fingerprint density at radius 1 is 1.44 bits per heavy atom. The minimum absolute atomic E-state index is 0.144. The first-order chi connectivity index (χ1) is 7.74. The SMILES string of the molecule is C=CNCNC(Cc1ccccc1)C(C)=O. The normalized spacial score (nSPS) is 11.8. The zero-order chi connectivity index (χ0) is 11.8. The van der Waals surface area contributed by atoms with Crippen LogP contribution < -0.4 is 10.6 Å². The molecule has 1 aromatic rings. The number of ketones is 1. The highest BCUT2D eigenvalue weighted by Gasteiger charge is 2.13. The topological polar surface area (TPSA) is 41.1 Å². The van der Waals surface area contributed by atoms with E-state index in [1.54, 1.807) is 13.1 Å². The zero-order valence-corrected chi connectivity index (χ0v) is 9.57. The van der Waals surface area contributed by atoms with Crippen LogP contribution in [-0.4, -0.2) is 18.5 Å². The van der Waals surface area contributed by atoms with Crippen molar-refractivity contribution >= 4 is 5.78 Å². The van der Waals surface area contributed by atoms with Crippen molar-refractivity contribution in [3.63, 3.8) is 0 Å². The molecule has 0 aliphatic heterocycles. The van der Waals surface area contributed by atoms with Gasteiger partial charge in [-0.15, -0.1) is 0 Å². The molecule has 0 amide bonds. The number of hydrogen-bond donors (Lipinski definition) is 2. The van der Waals surface area contributed by atoms with Crippen LogP contribution in [0.4, 0.5) is 0 Å². The number of Topliss-reactive ketones (excluding diaryl/α,β-unsaturated/α-hetero) is 1. The molecule has 0 heterocycles. The molecule has 0 aliphatic carbocycles. The van der Waals surface area contributed by atoms with Gasteiger partial charge in [-0.05, 0) is 25.1 Å². The van der Waals surface area contributed by atoms with Gasteiger partial charge >= 0.3 is 0 Å². The molecule has 16 heavy (non-hydrogen) atoms. The summed E-state index contributed by atoms with van der Waals surface area (Å²) < 4.78 is 0. The van der Waals surface area contributed by atoms with Crippen LogP contribution >= 0.6 is 0 Å². The lowest BCUT2D eigenvalue weighted by atomic mass is 10.0. The smallest absolute Gasteiger partial charge is 0.147 e. The lowest BCUT2D eigenvalue weighted by Crippen LogP contribution is -2.41. The molecule has 0 saturated heterocycles. The Kier molecular flexibility index (Phi) is 5.29. The molecule has 0 spiro atoms. The fraction of sp³-hybridized carbons (Fsp3) is 0.308. The Balaban J connectivity index is 2.51. The minimum atomic E-state index is -0.144. The molecule has 1 rings (SSSR count). The van der Waals surface area contributed by atoms with Crippen LogP contribution in [0.3, 0.4) is 0 Å². The third-order valence-electron chi connectivity index (χ3n) is 2.37. The van der Waals surface area contributed by atoms with Gasteiger partial charge in [0.05, 0.1) is 12.7 Å². The molecule has 0 bridgehead atoms. The van der Waals surface area contributed by atoms with Crippen molar-refractivity contribution in [2.75, 3.05) is 6.67 Å². The van der Waals surface area contributed by atoms with E-state index in [0.717, 1.165) is 12.0 Å². The summed E-state index contributed by atoms with van der Waals surface area (Å²) in [6.45, 7) is 5.71. The van der Waals surface area contributed by atoms with Crippen molar-refractivity contribution in [1.29, 1.82) is 0 Å². The predicted molar refractivity (Wildman–Crippen MR) is 66.0 cm³/mol. The van der Waals surface area contributed by atoms with Gasteiger partial charge in [0.15, 0.2) is 0 Å². The molecule has 86 valence electrons. The number of carbonyl (C=O) groups excluding carboxylic acids is 1. The number of hydrogen-bond acceptors (Lipinski definition) is 3. The molecule has 2 N–H and O–H groups in total. The van der Waals surface area contributed by atoms with Crippen molar-refractivity contribution in [2.24, 2.45) is 0 Å². The van der Waals surface area contributed by atoms with Gasteiger partial charge in [-0.25, -0.2) is 0 Å². The van der Waals surface area contributed by atoms with E-state index in [0.29, 0.717) is 6.67 Å². The summed E-state index contributed by atoms with van der Waals surface area (Å²) in [5.41, 5.74) is 1.16. The van der Waals surface area contributed by atoms with Crippen molar-refractivity contribution < 1.29 is 4.79 Å². The average Bonchev–Trinajstić information content (AvgIpc) is 2.29. The molecule has 0 aromatic heterocycles. The van der Waals surface area contributed by atoms with Gasteiger partial charge in [0.2, 0.25) is 0 Å². The van der Waals surface area contributed by atoms with E-state index in [2.05, 4.69) is 17.2 Å². The summed E-state index contributed by atoms with van der Waals surface area (Å²) in [4.78, 5) is 11.4. The molecule has 1 atom stereocenters. The first-order valence-corrected chi connectivity index (χ1v) is 5.36. The molecule has 0 aliphatic rings. The lowest BCUT2D eigenvalue weighted by molar-refractivity contribution is -0.119. The Hall–Kier alpha value is -1.61. The summed E-state index contributed by atoms with van der Waals surface area (Å²) in [6.07, 6.45) is 2.32. The molecule has 1 aromatic carbocycles. The first kappa shape index (κ1) is 12.5. The van der Waals surface area contributed by atoms with E-state index in [1.807, 2.05) is 30.3 Å². The highest BCUT2D eigenvalue weighted by atomic mass is 16.1. The maximum atomic E-state index is 11.4. The van der Waals surface area contributed by atoms with Crippen molar-refractivity contribution in [1.82, 2.24) is 10.6 Å². The van der Waals surface area contributed by atoms with Gasteiger partial charge in [-0.3, -0.25) is 10.1 Å². The first-order valence-electron chi connectivity index (χ1n) is 5.36. The average molecular weight is 218 g/mol. The van der Waals surface area contributed by atoms with E-state index in [-0.39, 0.29) is 11.8 Å². The van der Waals surface area contributed by atoms with Gasteiger partial charge in [0.1, 0.15) is 5.78 Å². The van der Waals surface area contributed by atoms with E-state index in [9.17, 15) is 4.79 Å². The molecule has 0 saturated carbocycles. The summed E-state index contributed by atoms with van der Waals surface area (Å²) in [6, 6.07) is 9.84. The maximum absolute atomic E-state index is 11.4. The Morgan fingerprint density at radius 3 is 2.69 bits per heavy atom. The highest BCUT2D eigenvalue weighted by Crippen LogP contribution is 2.03. The number of rotatable bonds is 7. The monoisotopic (exact) mass is 218 g/mol. The Morgan fingerprint density at radius 2 is 2.12 bits per heavy atom. The van der Waals surface area contributed by atoms with Crippen LogP contribution in [0.25, 0.3) is 0 Å². The van der Waals surface area contributed by atoms with Crippen molar-refractivity contribution in [2.45, 2.75) is 19.4 Å². The summed E-state index contributed by atoms with van der Waals surface area (Å²) >= 11 is 0. The molecular formula is C13H18N2O. The van der Waals surface area contributed by atoms with E-state index in [1.165, 1.54) is 0 Å². The zero-order valence-electron chi connectivity index (χ0n) is 9.57. The van der Waals surface area contributed by atoms with E-state index >= 15 is 0 Å². The third kappa shape index (κ3) is 4.28. The number of benzene rings is 1. The van der Waals surface area contributed by atoms with Crippen LogP contribution in [0, 0.1) is 0 Å². The van der Waals surface area contributed by atoms with Gasteiger partial charge in [0.25, 0.3) is 0 Å². The largest absolute Gasteiger partial charge is 0.379 e. The Labute approximate surface area is 96.6 Å². The molecule has 0 fully saturated rings. The van der Waals surface area contributed by atoms with Gasteiger partial charge in [-0.1, -0.05) is 36.9 Å². The summed E-state index contributed by atoms with van der Waals surface area (Å²) in [5, 5.41) is 6.06. The second-order valence-corrected chi connectivity index (χ2v) is 3.64. The Bertz CT molecular complexity index is 335. The quantitative estimate of drug-likeness (QED) is 0.538. The van der Waals surface area contributed by atoms with Gasteiger partial charge < -0.3 is 5.32 Å². The highest BCUT2D eigenvalue weighted by molar-refractivity contribution is 5.81. The van der Waals surface area contributed by atoms with Crippen LogP contribution in [0.2, 0.25) is 0 Å². The molecule has 0 radical (unpaired) electrons. The maximum Gasteiger partial charge on any atom is 0.147 e. The molecule has 3 nitrogen and oxygen atoms in total. The summed E-state index contributed by atoms with van der Waals surface area (Å²) in [5.74, 6) is 0.148. The van der Waals surface area contributed by atoms with Crippen LogP contribution in [0.5, 0.6) is 0 Å². The second-order valence-electron chi connectivity index (χ2n) is 3.64. The van der Waals surface area contributed by atoms with Crippen molar-refractivity contribution in [3.8, 4) is 0 Å². The molecule has 1 unspecified atom stereocenters. The van der Waals surface area contributed by atoms with Crippen molar-refractivity contribution in [3.05, 3.63) is 48.7 Å². The fourth-order valence-electron chi connectivity index (χ4n) is 1.46. The van der Waals surface area contributed by atoms with Gasteiger partial charge in [0, 0.05) is 0 Å². The lowest BCUT2D eigenvalue weighted by Gasteiger charge is -2.15. The number of nitrogens with one attached hydrogen (secondary N) is 2. The third-order valence-corrected chi connectivity index (χ3v) is 2.37. The van der Waals surface area contributed by atoms with Gasteiger partial charge in [-0.2, -0.15) is 0 Å². The van der Waals surface area contributed by atoms with E-state index < -0.39 is 0 Å². The standard InChI is InChI=1S/C13H18N2O/c1-3-14-10-15-13(11(2)16)9-12-7-5-4-6-8-12/h3-8,13-15H,1,9-10H2,2H3. The van der Waals surface area contributed by atoms with Crippen LogP contribution in [0.1, 0.15) is 12.5 Å². The molecular weight excluding hydrogens is 200 g/mol. The second kappa shape index (κ2) is 6.80. The minimum Gasteiger partial charge on any atom is -0.379 e. The van der Waals surface area contributed by atoms with E-state index in [4.69, 9.17) is 0 Å².